The van der Waals surface area contributed by atoms with Crippen molar-refractivity contribution in [1.29, 1.82) is 0 Å². The van der Waals surface area contributed by atoms with Crippen LogP contribution in [0.4, 0.5) is 5.69 Å². The summed E-state index contributed by atoms with van der Waals surface area (Å²) in [5.41, 5.74) is 1.37. The van der Waals surface area contributed by atoms with Crippen molar-refractivity contribution in [2.24, 2.45) is 7.05 Å². The summed E-state index contributed by atoms with van der Waals surface area (Å²) in [6.45, 7) is 6.88. The van der Waals surface area contributed by atoms with Gasteiger partial charge in [0.25, 0.3) is 0 Å². The maximum Gasteiger partial charge on any atom is 0.313 e. The van der Waals surface area contributed by atoms with Crippen molar-refractivity contribution in [1.82, 2.24) is 15.1 Å². The summed E-state index contributed by atoms with van der Waals surface area (Å²) in [6.07, 6.45) is 3.79. The lowest BCUT2D eigenvalue weighted by atomic mass is 10.0. The van der Waals surface area contributed by atoms with Gasteiger partial charge in [-0.05, 0) is 26.3 Å². The third-order valence-corrected chi connectivity index (χ3v) is 3.25. The molecule has 0 aliphatic rings. The summed E-state index contributed by atoms with van der Waals surface area (Å²) in [4.78, 5) is 10.8. The Labute approximate surface area is 114 Å². The first-order valence-electron chi connectivity index (χ1n) is 6.91. The first kappa shape index (κ1) is 15.6. The number of nitro groups is 1. The van der Waals surface area contributed by atoms with Crippen LogP contribution in [0.2, 0.25) is 0 Å². The minimum atomic E-state index is -0.319. The van der Waals surface area contributed by atoms with Crippen LogP contribution in [0.3, 0.4) is 0 Å². The monoisotopic (exact) mass is 268 g/mol. The van der Waals surface area contributed by atoms with E-state index in [2.05, 4.69) is 24.3 Å². The summed E-state index contributed by atoms with van der Waals surface area (Å²) >= 11 is 0. The summed E-state index contributed by atoms with van der Waals surface area (Å²) in [5.74, 6) is 0. The molecule has 1 N–H and O–H groups in total. The highest BCUT2D eigenvalue weighted by atomic mass is 16.6. The molecule has 0 radical (unpaired) electrons. The van der Waals surface area contributed by atoms with E-state index in [9.17, 15) is 10.1 Å². The van der Waals surface area contributed by atoms with Gasteiger partial charge >= 0.3 is 5.69 Å². The molecule has 1 aromatic rings. The van der Waals surface area contributed by atoms with E-state index in [1.807, 2.05) is 0 Å². The zero-order valence-corrected chi connectivity index (χ0v) is 12.3. The molecule has 1 heterocycles. The predicted octanol–water partition coefficient (Wildman–Crippen LogP) is 2.35. The Morgan fingerprint density at radius 2 is 2.11 bits per heavy atom. The molecule has 108 valence electrons. The Morgan fingerprint density at radius 3 is 2.63 bits per heavy atom. The summed E-state index contributed by atoms with van der Waals surface area (Å²) in [5, 5.41) is 18.8. The molecule has 0 fully saturated rings. The molecular formula is C13H24N4O2. The molecule has 0 amide bonds. The average molecular weight is 268 g/mol. The van der Waals surface area contributed by atoms with Gasteiger partial charge in [0.05, 0.1) is 4.92 Å². The van der Waals surface area contributed by atoms with Crippen LogP contribution in [0, 0.1) is 17.0 Å². The number of rotatable bonds is 8. The Morgan fingerprint density at radius 1 is 1.42 bits per heavy atom. The molecule has 6 heteroatoms. The standard InChI is InChI=1S/C13H24N4O2/c1-5-7-11(14-8-6-2)9-12-13(17(18)19)10(3)15-16(12)4/h11,14H,5-9H2,1-4H3. The van der Waals surface area contributed by atoms with Gasteiger partial charge in [-0.1, -0.05) is 20.3 Å². The predicted molar refractivity (Wildman–Crippen MR) is 75.3 cm³/mol. The third kappa shape index (κ3) is 4.02. The Kier molecular flexibility index (Phi) is 5.95. The van der Waals surface area contributed by atoms with Gasteiger partial charge in [-0.2, -0.15) is 5.10 Å². The maximum absolute atomic E-state index is 11.1. The molecule has 0 aromatic carbocycles. The second-order valence-electron chi connectivity index (χ2n) is 4.91. The molecule has 0 bridgehead atoms. The van der Waals surface area contributed by atoms with Crippen LogP contribution in [0.25, 0.3) is 0 Å². The van der Waals surface area contributed by atoms with Gasteiger partial charge in [0.1, 0.15) is 11.4 Å². The van der Waals surface area contributed by atoms with Gasteiger partial charge in [-0.3, -0.25) is 14.8 Å². The Balaban J connectivity index is 2.91. The highest BCUT2D eigenvalue weighted by Crippen LogP contribution is 2.24. The fourth-order valence-corrected chi connectivity index (χ4v) is 2.37. The van der Waals surface area contributed by atoms with E-state index >= 15 is 0 Å². The van der Waals surface area contributed by atoms with Crippen LogP contribution >= 0.6 is 0 Å². The number of hydrogen-bond acceptors (Lipinski definition) is 4. The maximum atomic E-state index is 11.1. The molecule has 6 nitrogen and oxygen atoms in total. The number of hydrogen-bond donors (Lipinski definition) is 1. The smallest absolute Gasteiger partial charge is 0.313 e. The normalized spacial score (nSPS) is 12.6. The highest BCUT2D eigenvalue weighted by Gasteiger charge is 2.25. The van der Waals surface area contributed by atoms with E-state index in [-0.39, 0.29) is 16.7 Å². The fourth-order valence-electron chi connectivity index (χ4n) is 2.37. The van der Waals surface area contributed by atoms with Crippen LogP contribution in [-0.4, -0.2) is 27.3 Å². The lowest BCUT2D eigenvalue weighted by molar-refractivity contribution is -0.386. The lowest BCUT2D eigenvalue weighted by Crippen LogP contribution is -2.32. The van der Waals surface area contributed by atoms with E-state index < -0.39 is 0 Å². The highest BCUT2D eigenvalue weighted by molar-refractivity contribution is 5.40. The van der Waals surface area contributed by atoms with E-state index in [1.54, 1.807) is 18.7 Å². The zero-order chi connectivity index (χ0) is 14.4. The van der Waals surface area contributed by atoms with Gasteiger partial charge in [0.15, 0.2) is 0 Å². The van der Waals surface area contributed by atoms with Crippen molar-refractivity contribution in [3.8, 4) is 0 Å². The van der Waals surface area contributed by atoms with Crippen LogP contribution in [0.15, 0.2) is 0 Å². The van der Waals surface area contributed by atoms with Crippen molar-refractivity contribution in [2.75, 3.05) is 6.54 Å². The molecule has 0 aliphatic heterocycles. The number of aromatic nitrogens is 2. The minimum absolute atomic E-state index is 0.168. The molecular weight excluding hydrogens is 244 g/mol. The SMILES string of the molecule is CCCNC(CCC)Cc1c([N+](=O)[O-])c(C)nn1C. The van der Waals surface area contributed by atoms with E-state index in [0.29, 0.717) is 17.8 Å². The molecule has 1 unspecified atom stereocenters. The molecule has 0 aliphatic carbocycles. The first-order valence-corrected chi connectivity index (χ1v) is 6.91. The first-order chi connectivity index (χ1) is 9.01. The van der Waals surface area contributed by atoms with Crippen molar-refractivity contribution >= 4 is 5.69 Å². The van der Waals surface area contributed by atoms with Crippen molar-refractivity contribution in [2.45, 2.75) is 52.5 Å². The minimum Gasteiger partial charge on any atom is -0.314 e. The largest absolute Gasteiger partial charge is 0.314 e. The number of aryl methyl sites for hydroxylation is 2. The average Bonchev–Trinajstić information content (AvgIpc) is 2.61. The third-order valence-electron chi connectivity index (χ3n) is 3.25. The van der Waals surface area contributed by atoms with Crippen LogP contribution in [0.5, 0.6) is 0 Å². The van der Waals surface area contributed by atoms with Crippen molar-refractivity contribution < 1.29 is 4.92 Å². The number of nitrogens with one attached hydrogen (secondary N) is 1. The van der Waals surface area contributed by atoms with Gasteiger partial charge in [-0.15, -0.1) is 0 Å². The summed E-state index contributed by atoms with van der Waals surface area (Å²) in [7, 11) is 1.78. The van der Waals surface area contributed by atoms with Gasteiger partial charge < -0.3 is 5.32 Å². The quantitative estimate of drug-likeness (QED) is 0.580. The molecule has 19 heavy (non-hydrogen) atoms. The van der Waals surface area contributed by atoms with Gasteiger partial charge in [-0.25, -0.2) is 0 Å². The van der Waals surface area contributed by atoms with Crippen LogP contribution < -0.4 is 5.32 Å². The second-order valence-corrected chi connectivity index (χ2v) is 4.91. The number of nitrogens with zero attached hydrogens (tertiary/aromatic N) is 3. The Hall–Kier alpha value is -1.43. The molecule has 0 spiro atoms. The molecule has 0 saturated heterocycles. The van der Waals surface area contributed by atoms with E-state index in [0.717, 1.165) is 25.8 Å². The molecule has 0 saturated carbocycles. The van der Waals surface area contributed by atoms with E-state index in [1.165, 1.54) is 0 Å². The van der Waals surface area contributed by atoms with Gasteiger partial charge in [0.2, 0.25) is 0 Å². The Bertz CT molecular complexity index is 429. The molecule has 1 rings (SSSR count). The topological polar surface area (TPSA) is 73.0 Å². The van der Waals surface area contributed by atoms with Crippen LogP contribution in [-0.2, 0) is 13.5 Å². The van der Waals surface area contributed by atoms with Gasteiger partial charge in [0, 0.05) is 19.5 Å². The van der Waals surface area contributed by atoms with Crippen LogP contribution in [0.1, 0.15) is 44.5 Å². The zero-order valence-electron chi connectivity index (χ0n) is 12.3. The molecule has 1 atom stereocenters. The van der Waals surface area contributed by atoms with Crippen molar-refractivity contribution in [3.63, 3.8) is 0 Å². The second kappa shape index (κ2) is 7.23. The van der Waals surface area contributed by atoms with E-state index in [4.69, 9.17) is 0 Å². The summed E-state index contributed by atoms with van der Waals surface area (Å²) in [6, 6.07) is 0.276. The molecule has 1 aromatic heterocycles. The summed E-state index contributed by atoms with van der Waals surface area (Å²) < 4.78 is 1.64. The van der Waals surface area contributed by atoms with Crippen molar-refractivity contribution in [3.05, 3.63) is 21.5 Å². The fraction of sp³-hybridized carbons (Fsp3) is 0.769. The lowest BCUT2D eigenvalue weighted by Gasteiger charge is -2.17.